The van der Waals surface area contributed by atoms with E-state index in [4.69, 9.17) is 0 Å². The molecule has 0 radical (unpaired) electrons. The fourth-order valence-corrected chi connectivity index (χ4v) is 3.33. The van der Waals surface area contributed by atoms with E-state index in [-0.39, 0.29) is 29.3 Å². The van der Waals surface area contributed by atoms with Gasteiger partial charge in [0.2, 0.25) is 11.8 Å². The molecule has 1 saturated heterocycles. The van der Waals surface area contributed by atoms with Crippen molar-refractivity contribution >= 4 is 11.8 Å². The highest BCUT2D eigenvalue weighted by Crippen LogP contribution is 2.63. The van der Waals surface area contributed by atoms with Crippen molar-refractivity contribution < 1.29 is 9.59 Å². The standard InChI is InChI=1S/C14H22N2O2/c1-9-7-10(8-11(17)15-9)12(18)16-14(5-6-14)13(2)3-4-13/h9-10H,3-8H2,1-2H3,(H,15,17)(H,16,18). The molecule has 2 atom stereocenters. The first-order chi connectivity index (χ1) is 8.44. The van der Waals surface area contributed by atoms with Crippen molar-refractivity contribution in [2.75, 3.05) is 0 Å². The molecule has 100 valence electrons. The molecule has 2 aliphatic carbocycles. The van der Waals surface area contributed by atoms with Gasteiger partial charge in [0.15, 0.2) is 0 Å². The van der Waals surface area contributed by atoms with Gasteiger partial charge in [-0.1, -0.05) is 6.92 Å². The molecule has 4 heteroatoms. The van der Waals surface area contributed by atoms with E-state index in [1.165, 1.54) is 12.8 Å². The Kier molecular flexibility index (Phi) is 2.48. The Morgan fingerprint density at radius 3 is 2.50 bits per heavy atom. The number of rotatable bonds is 3. The van der Waals surface area contributed by atoms with Crippen LogP contribution in [-0.4, -0.2) is 23.4 Å². The second-order valence-corrected chi connectivity index (χ2v) is 6.74. The first-order valence-corrected chi connectivity index (χ1v) is 7.06. The zero-order valence-electron chi connectivity index (χ0n) is 11.2. The SMILES string of the molecule is CC1CC(C(=O)NC2(C3(C)CC3)CC2)CC(=O)N1. The van der Waals surface area contributed by atoms with Crippen LogP contribution < -0.4 is 10.6 Å². The molecule has 4 nitrogen and oxygen atoms in total. The topological polar surface area (TPSA) is 58.2 Å². The highest BCUT2D eigenvalue weighted by molar-refractivity contribution is 5.87. The lowest BCUT2D eigenvalue weighted by Gasteiger charge is -2.30. The van der Waals surface area contributed by atoms with E-state index in [0.29, 0.717) is 11.8 Å². The molecule has 2 unspecified atom stereocenters. The summed E-state index contributed by atoms with van der Waals surface area (Å²) in [5.41, 5.74) is 0.409. The first-order valence-electron chi connectivity index (χ1n) is 7.06. The lowest BCUT2D eigenvalue weighted by Crippen LogP contribution is -2.50. The van der Waals surface area contributed by atoms with Crippen molar-refractivity contribution in [2.24, 2.45) is 11.3 Å². The monoisotopic (exact) mass is 250 g/mol. The third-order valence-electron chi connectivity index (χ3n) is 5.12. The van der Waals surface area contributed by atoms with Crippen LogP contribution in [0.4, 0.5) is 0 Å². The summed E-state index contributed by atoms with van der Waals surface area (Å²) in [7, 11) is 0. The van der Waals surface area contributed by atoms with Crippen molar-refractivity contribution in [3.63, 3.8) is 0 Å². The molecule has 3 aliphatic rings. The van der Waals surface area contributed by atoms with Crippen LogP contribution in [0.15, 0.2) is 0 Å². The predicted molar refractivity (Wildman–Crippen MR) is 67.8 cm³/mol. The summed E-state index contributed by atoms with van der Waals surface area (Å²) in [5.74, 6) is -0.0210. The van der Waals surface area contributed by atoms with E-state index in [1.54, 1.807) is 0 Å². The van der Waals surface area contributed by atoms with E-state index < -0.39 is 0 Å². The third kappa shape index (κ3) is 1.91. The molecule has 0 aromatic heterocycles. The summed E-state index contributed by atoms with van der Waals surface area (Å²) in [6.45, 7) is 4.24. The molecule has 0 aromatic carbocycles. The minimum atomic E-state index is -0.131. The van der Waals surface area contributed by atoms with Crippen molar-refractivity contribution in [3.05, 3.63) is 0 Å². The molecule has 1 heterocycles. The number of piperidine rings is 1. The van der Waals surface area contributed by atoms with E-state index in [0.717, 1.165) is 19.3 Å². The van der Waals surface area contributed by atoms with Gasteiger partial charge in [-0.3, -0.25) is 9.59 Å². The predicted octanol–water partition coefficient (Wildman–Crippen LogP) is 1.35. The Labute approximate surface area is 108 Å². The molecular formula is C14H22N2O2. The number of hydrogen-bond acceptors (Lipinski definition) is 2. The fourth-order valence-electron chi connectivity index (χ4n) is 3.33. The van der Waals surface area contributed by atoms with E-state index >= 15 is 0 Å². The van der Waals surface area contributed by atoms with Gasteiger partial charge in [0.05, 0.1) is 0 Å². The van der Waals surface area contributed by atoms with Gasteiger partial charge in [-0.15, -0.1) is 0 Å². The Morgan fingerprint density at radius 1 is 1.33 bits per heavy atom. The van der Waals surface area contributed by atoms with Crippen LogP contribution in [0.3, 0.4) is 0 Å². The maximum atomic E-state index is 12.3. The number of nitrogens with one attached hydrogen (secondary N) is 2. The Hall–Kier alpha value is -1.06. The number of hydrogen-bond donors (Lipinski definition) is 2. The Balaban J connectivity index is 1.63. The van der Waals surface area contributed by atoms with Crippen LogP contribution in [-0.2, 0) is 9.59 Å². The number of carbonyl (C=O) groups excluding carboxylic acids is 2. The Bertz CT molecular complexity index is 397. The highest BCUT2D eigenvalue weighted by atomic mass is 16.2. The molecule has 1 aliphatic heterocycles. The van der Waals surface area contributed by atoms with Crippen LogP contribution >= 0.6 is 0 Å². The van der Waals surface area contributed by atoms with Crippen molar-refractivity contribution in [1.29, 1.82) is 0 Å². The van der Waals surface area contributed by atoms with Crippen molar-refractivity contribution in [1.82, 2.24) is 10.6 Å². The molecule has 0 aromatic rings. The minimum Gasteiger partial charge on any atom is -0.354 e. The molecule has 18 heavy (non-hydrogen) atoms. The summed E-state index contributed by atoms with van der Waals surface area (Å²) < 4.78 is 0. The first kappa shape index (κ1) is 12.0. The van der Waals surface area contributed by atoms with Crippen molar-refractivity contribution in [3.8, 4) is 0 Å². The second kappa shape index (κ2) is 3.72. The summed E-state index contributed by atoms with van der Waals surface area (Å²) in [4.78, 5) is 23.8. The molecule has 2 N–H and O–H groups in total. The maximum Gasteiger partial charge on any atom is 0.224 e. The quantitative estimate of drug-likeness (QED) is 0.794. The molecule has 2 saturated carbocycles. The van der Waals surface area contributed by atoms with Gasteiger partial charge in [0.1, 0.15) is 0 Å². The van der Waals surface area contributed by atoms with Gasteiger partial charge in [-0.05, 0) is 44.4 Å². The molecule has 0 spiro atoms. The van der Waals surface area contributed by atoms with Gasteiger partial charge in [-0.25, -0.2) is 0 Å². The lowest BCUT2D eigenvalue weighted by molar-refractivity contribution is -0.134. The number of carbonyl (C=O) groups is 2. The molecule has 3 fully saturated rings. The largest absolute Gasteiger partial charge is 0.354 e. The molecule has 3 rings (SSSR count). The van der Waals surface area contributed by atoms with Gasteiger partial charge >= 0.3 is 0 Å². The lowest BCUT2D eigenvalue weighted by atomic mass is 9.90. The summed E-state index contributed by atoms with van der Waals surface area (Å²) in [5, 5.41) is 6.13. The Morgan fingerprint density at radius 2 is 2.00 bits per heavy atom. The normalized spacial score (nSPS) is 35.6. The van der Waals surface area contributed by atoms with Gasteiger partial charge < -0.3 is 10.6 Å². The van der Waals surface area contributed by atoms with Crippen LogP contribution in [0.1, 0.15) is 52.4 Å². The van der Waals surface area contributed by atoms with Crippen LogP contribution in [0.2, 0.25) is 0 Å². The fraction of sp³-hybridized carbons (Fsp3) is 0.857. The summed E-state index contributed by atoms with van der Waals surface area (Å²) in [6.07, 6.45) is 5.81. The average Bonchev–Trinajstić information content (AvgIpc) is 3.16. The molecule has 2 amide bonds. The van der Waals surface area contributed by atoms with Gasteiger partial charge in [-0.2, -0.15) is 0 Å². The van der Waals surface area contributed by atoms with E-state index in [9.17, 15) is 9.59 Å². The number of amides is 2. The van der Waals surface area contributed by atoms with Crippen molar-refractivity contribution in [2.45, 2.75) is 64.0 Å². The zero-order chi connectivity index (χ0) is 13.0. The summed E-state index contributed by atoms with van der Waals surface area (Å²) >= 11 is 0. The van der Waals surface area contributed by atoms with Crippen LogP contribution in [0.25, 0.3) is 0 Å². The van der Waals surface area contributed by atoms with Gasteiger partial charge in [0, 0.05) is 23.9 Å². The maximum absolute atomic E-state index is 12.3. The third-order valence-corrected chi connectivity index (χ3v) is 5.12. The van der Waals surface area contributed by atoms with Crippen LogP contribution in [0.5, 0.6) is 0 Å². The zero-order valence-corrected chi connectivity index (χ0v) is 11.2. The second-order valence-electron chi connectivity index (χ2n) is 6.74. The highest BCUT2D eigenvalue weighted by Gasteiger charge is 2.63. The van der Waals surface area contributed by atoms with E-state index in [2.05, 4.69) is 17.6 Å². The average molecular weight is 250 g/mol. The van der Waals surface area contributed by atoms with Gasteiger partial charge in [0.25, 0.3) is 0 Å². The molecular weight excluding hydrogens is 228 g/mol. The summed E-state index contributed by atoms with van der Waals surface area (Å²) in [6, 6.07) is 0.119. The molecule has 0 bridgehead atoms. The van der Waals surface area contributed by atoms with E-state index in [1.807, 2.05) is 6.92 Å². The minimum absolute atomic E-state index is 0.0105. The van der Waals surface area contributed by atoms with Crippen LogP contribution in [0, 0.1) is 11.3 Å². The smallest absolute Gasteiger partial charge is 0.224 e.